The van der Waals surface area contributed by atoms with Crippen LogP contribution in [0.5, 0.6) is 0 Å². The number of nitrogens with zero attached hydrogens (tertiary/aromatic N) is 2. The minimum absolute atomic E-state index is 0.0246. The molecule has 2 aliphatic rings. The van der Waals surface area contributed by atoms with Crippen molar-refractivity contribution in [1.82, 2.24) is 10.1 Å². The zero-order valence-electron chi connectivity index (χ0n) is 15.7. The van der Waals surface area contributed by atoms with Gasteiger partial charge in [-0.2, -0.15) is 0 Å². The molecule has 1 amide bonds. The van der Waals surface area contributed by atoms with E-state index in [1.165, 1.54) is 6.26 Å². The first-order valence-electron chi connectivity index (χ1n) is 9.44. The monoisotopic (exact) mass is 418 g/mol. The number of sulfone groups is 1. The summed E-state index contributed by atoms with van der Waals surface area (Å²) in [6, 6.07) is 11.2. The molecule has 2 fully saturated rings. The molecule has 0 spiro atoms. The van der Waals surface area contributed by atoms with Gasteiger partial charge in [0.25, 0.3) is 0 Å². The summed E-state index contributed by atoms with van der Waals surface area (Å²) in [5, 5.41) is 13.5. The van der Waals surface area contributed by atoms with Crippen LogP contribution in [-0.2, 0) is 31.3 Å². The van der Waals surface area contributed by atoms with Gasteiger partial charge in [0.1, 0.15) is 6.26 Å². The first kappa shape index (κ1) is 19.6. The Morgan fingerprint density at radius 2 is 1.90 bits per heavy atom. The molecule has 2 aromatic rings. The molecule has 3 heterocycles. The van der Waals surface area contributed by atoms with Crippen LogP contribution in [0.4, 0.5) is 0 Å². The number of aliphatic carboxylic acids is 1. The van der Waals surface area contributed by atoms with E-state index in [2.05, 4.69) is 5.16 Å². The molecular weight excluding hydrogens is 396 g/mol. The van der Waals surface area contributed by atoms with Crippen molar-refractivity contribution < 1.29 is 27.6 Å². The number of carbonyl (C=O) groups is 2. The normalized spacial score (nSPS) is 24.8. The molecule has 1 aromatic heterocycles. The molecule has 4 rings (SSSR count). The maximum absolute atomic E-state index is 13.0. The van der Waals surface area contributed by atoms with Crippen molar-refractivity contribution in [2.75, 3.05) is 24.6 Å². The fraction of sp³-hybridized carbons (Fsp3) is 0.450. The predicted molar refractivity (Wildman–Crippen MR) is 103 cm³/mol. The highest BCUT2D eigenvalue weighted by Crippen LogP contribution is 2.40. The summed E-state index contributed by atoms with van der Waals surface area (Å²) in [4.78, 5) is 26.3. The predicted octanol–water partition coefficient (Wildman–Crippen LogP) is 1.13. The van der Waals surface area contributed by atoms with Gasteiger partial charge in [0, 0.05) is 25.6 Å². The molecule has 1 aromatic carbocycles. The molecule has 9 heteroatoms. The number of hydrogen-bond donors (Lipinski definition) is 1. The number of aromatic nitrogens is 1. The molecule has 0 saturated carbocycles. The van der Waals surface area contributed by atoms with Gasteiger partial charge in [0.15, 0.2) is 9.84 Å². The second kappa shape index (κ2) is 7.29. The Labute approximate surface area is 168 Å². The van der Waals surface area contributed by atoms with Crippen molar-refractivity contribution >= 4 is 21.7 Å². The summed E-state index contributed by atoms with van der Waals surface area (Å²) in [6.45, 7) is 0.472. The molecule has 0 aliphatic carbocycles. The van der Waals surface area contributed by atoms with Gasteiger partial charge in [0.2, 0.25) is 5.91 Å². The maximum Gasteiger partial charge on any atom is 0.308 e. The van der Waals surface area contributed by atoms with E-state index >= 15 is 0 Å². The number of carbonyl (C=O) groups excluding carboxylic acids is 1. The molecule has 0 unspecified atom stereocenters. The molecule has 154 valence electrons. The lowest BCUT2D eigenvalue weighted by Crippen LogP contribution is -2.54. The first-order chi connectivity index (χ1) is 13.8. The maximum atomic E-state index is 13.0. The van der Waals surface area contributed by atoms with Crippen molar-refractivity contribution in [2.24, 2.45) is 11.8 Å². The SMILES string of the molecule is O=C(O)[C@@H]1CN(C(=O)CC2(c3ccon3)CS(=O)(=O)C2)C[C@H]1Cc1ccccc1. The third kappa shape index (κ3) is 3.91. The van der Waals surface area contributed by atoms with Crippen LogP contribution in [0.3, 0.4) is 0 Å². The van der Waals surface area contributed by atoms with Crippen LogP contribution >= 0.6 is 0 Å². The number of carboxylic acids is 1. The number of hydrogen-bond acceptors (Lipinski definition) is 6. The minimum atomic E-state index is -3.21. The van der Waals surface area contributed by atoms with Crippen molar-refractivity contribution in [2.45, 2.75) is 18.3 Å². The summed E-state index contributed by atoms with van der Waals surface area (Å²) in [6.07, 6.45) is 1.91. The van der Waals surface area contributed by atoms with Crippen molar-refractivity contribution in [3.63, 3.8) is 0 Å². The Morgan fingerprint density at radius 3 is 2.48 bits per heavy atom. The van der Waals surface area contributed by atoms with Gasteiger partial charge in [-0.25, -0.2) is 8.42 Å². The van der Waals surface area contributed by atoms with Crippen LogP contribution in [0.2, 0.25) is 0 Å². The van der Waals surface area contributed by atoms with Gasteiger partial charge >= 0.3 is 5.97 Å². The van der Waals surface area contributed by atoms with E-state index in [1.807, 2.05) is 30.3 Å². The highest BCUT2D eigenvalue weighted by molar-refractivity contribution is 7.93. The van der Waals surface area contributed by atoms with E-state index in [-0.39, 0.29) is 36.3 Å². The van der Waals surface area contributed by atoms with Crippen LogP contribution in [0.25, 0.3) is 0 Å². The number of carboxylic acid groups (broad SMARTS) is 1. The second-order valence-corrected chi connectivity index (χ2v) is 10.1. The minimum Gasteiger partial charge on any atom is -0.481 e. The summed E-state index contributed by atoms with van der Waals surface area (Å²) in [5.41, 5.74) is 0.594. The lowest BCUT2D eigenvalue weighted by Gasteiger charge is -2.39. The summed E-state index contributed by atoms with van der Waals surface area (Å²) >= 11 is 0. The molecule has 29 heavy (non-hydrogen) atoms. The van der Waals surface area contributed by atoms with E-state index in [9.17, 15) is 23.1 Å². The van der Waals surface area contributed by atoms with Crippen molar-refractivity contribution in [1.29, 1.82) is 0 Å². The fourth-order valence-electron chi connectivity index (χ4n) is 4.51. The second-order valence-electron chi connectivity index (χ2n) is 8.07. The largest absolute Gasteiger partial charge is 0.481 e. The van der Waals surface area contributed by atoms with E-state index in [1.54, 1.807) is 11.0 Å². The fourth-order valence-corrected chi connectivity index (χ4v) is 6.61. The number of likely N-dealkylation sites (tertiary alicyclic amines) is 1. The average Bonchev–Trinajstić information content (AvgIpc) is 3.31. The molecule has 2 atom stereocenters. The number of amides is 1. The van der Waals surface area contributed by atoms with E-state index < -0.39 is 27.1 Å². The van der Waals surface area contributed by atoms with Crippen LogP contribution in [0, 0.1) is 11.8 Å². The molecule has 0 radical (unpaired) electrons. The Balaban J connectivity index is 1.49. The van der Waals surface area contributed by atoms with E-state index in [0.29, 0.717) is 18.7 Å². The first-order valence-corrected chi connectivity index (χ1v) is 11.3. The lowest BCUT2D eigenvalue weighted by molar-refractivity contribution is -0.142. The third-order valence-corrected chi connectivity index (χ3v) is 7.90. The summed E-state index contributed by atoms with van der Waals surface area (Å²) in [7, 11) is -3.21. The highest BCUT2D eigenvalue weighted by atomic mass is 32.2. The summed E-state index contributed by atoms with van der Waals surface area (Å²) < 4.78 is 28.5. The topological polar surface area (TPSA) is 118 Å². The lowest BCUT2D eigenvalue weighted by atomic mass is 9.83. The van der Waals surface area contributed by atoms with Gasteiger partial charge in [0.05, 0.1) is 28.5 Å². The zero-order chi connectivity index (χ0) is 20.6. The Bertz CT molecular complexity index is 991. The highest BCUT2D eigenvalue weighted by Gasteiger charge is 2.53. The van der Waals surface area contributed by atoms with Gasteiger partial charge in [-0.3, -0.25) is 9.59 Å². The smallest absolute Gasteiger partial charge is 0.308 e. The van der Waals surface area contributed by atoms with Gasteiger partial charge in [-0.1, -0.05) is 35.5 Å². The number of rotatable bonds is 6. The summed E-state index contributed by atoms with van der Waals surface area (Å²) in [5.74, 6) is -2.30. The van der Waals surface area contributed by atoms with Gasteiger partial charge < -0.3 is 14.5 Å². The van der Waals surface area contributed by atoms with Crippen molar-refractivity contribution in [3.8, 4) is 0 Å². The Kier molecular flexibility index (Phi) is 4.94. The Morgan fingerprint density at radius 1 is 1.17 bits per heavy atom. The molecule has 8 nitrogen and oxygen atoms in total. The van der Waals surface area contributed by atoms with E-state index in [0.717, 1.165) is 5.56 Å². The third-order valence-electron chi connectivity index (χ3n) is 5.91. The quantitative estimate of drug-likeness (QED) is 0.747. The van der Waals surface area contributed by atoms with Gasteiger partial charge in [-0.15, -0.1) is 0 Å². The Hall–Kier alpha value is -2.68. The molecular formula is C20H22N2O6S. The van der Waals surface area contributed by atoms with Gasteiger partial charge in [-0.05, 0) is 17.9 Å². The van der Waals surface area contributed by atoms with Crippen molar-refractivity contribution in [3.05, 3.63) is 53.9 Å². The van der Waals surface area contributed by atoms with E-state index in [4.69, 9.17) is 4.52 Å². The number of benzene rings is 1. The molecule has 1 N–H and O–H groups in total. The molecule has 0 bridgehead atoms. The average molecular weight is 418 g/mol. The van der Waals surface area contributed by atoms with Crippen LogP contribution < -0.4 is 0 Å². The standard InChI is InChI=1S/C20H22N2O6S/c23-18(9-20(12-29(26,27)13-20)17-6-7-28-21-17)22-10-15(16(11-22)19(24)25)8-14-4-2-1-3-5-14/h1-7,15-16H,8-13H2,(H,24,25)/t15-,16-/m1/s1. The van der Waals surface area contributed by atoms with Crippen LogP contribution in [0.1, 0.15) is 17.7 Å². The molecule has 2 aliphatic heterocycles. The zero-order valence-corrected chi connectivity index (χ0v) is 16.5. The van der Waals surface area contributed by atoms with Crippen LogP contribution in [-0.4, -0.2) is 60.1 Å². The van der Waals surface area contributed by atoms with Crippen LogP contribution in [0.15, 0.2) is 47.2 Å². The molecule has 2 saturated heterocycles.